The highest BCUT2D eigenvalue weighted by Gasteiger charge is 2.10. The van der Waals surface area contributed by atoms with Crippen LogP contribution in [0.25, 0.3) is 5.69 Å². The van der Waals surface area contributed by atoms with Crippen molar-refractivity contribution in [2.75, 3.05) is 6.54 Å². The van der Waals surface area contributed by atoms with E-state index in [0.29, 0.717) is 12.2 Å². The van der Waals surface area contributed by atoms with Gasteiger partial charge in [0.2, 0.25) is 5.43 Å². The third-order valence-electron chi connectivity index (χ3n) is 3.37. The van der Waals surface area contributed by atoms with Crippen LogP contribution in [0.1, 0.15) is 29.4 Å². The molecule has 1 N–H and O–H groups in total. The molecule has 2 aromatic rings. The van der Waals surface area contributed by atoms with E-state index in [-0.39, 0.29) is 5.43 Å². The molecule has 4 heteroatoms. The molecule has 1 aromatic heterocycles. The van der Waals surface area contributed by atoms with Crippen molar-refractivity contribution in [3.63, 3.8) is 0 Å². The Labute approximate surface area is 119 Å². The van der Waals surface area contributed by atoms with E-state index in [1.807, 2.05) is 24.6 Å². The Kier molecular flexibility index (Phi) is 4.35. The second-order valence-electron chi connectivity index (χ2n) is 5.03. The van der Waals surface area contributed by atoms with Crippen LogP contribution < -0.4 is 10.7 Å². The Hall–Kier alpha value is -1.94. The van der Waals surface area contributed by atoms with Crippen molar-refractivity contribution in [3.8, 4) is 5.69 Å². The van der Waals surface area contributed by atoms with Gasteiger partial charge >= 0.3 is 0 Å². The maximum Gasteiger partial charge on any atom is 0.204 e. The summed E-state index contributed by atoms with van der Waals surface area (Å²) < 4.78 is 1.87. The van der Waals surface area contributed by atoms with Crippen LogP contribution in [0.3, 0.4) is 0 Å². The van der Waals surface area contributed by atoms with Crippen molar-refractivity contribution in [1.29, 1.82) is 0 Å². The molecule has 0 aliphatic rings. The lowest BCUT2D eigenvalue weighted by Crippen LogP contribution is -2.25. The molecular formula is C16H21N3O. The second-order valence-corrected chi connectivity index (χ2v) is 5.03. The molecule has 106 valence electrons. The molecule has 0 unspecified atom stereocenters. The molecule has 0 saturated carbocycles. The van der Waals surface area contributed by atoms with E-state index in [1.54, 1.807) is 6.07 Å². The van der Waals surface area contributed by atoms with E-state index < -0.39 is 0 Å². The molecule has 0 bridgehead atoms. The molecule has 1 aromatic carbocycles. The van der Waals surface area contributed by atoms with E-state index in [2.05, 4.69) is 36.4 Å². The van der Waals surface area contributed by atoms with Crippen molar-refractivity contribution in [2.45, 2.75) is 34.2 Å². The van der Waals surface area contributed by atoms with Crippen LogP contribution in [0.4, 0.5) is 0 Å². The van der Waals surface area contributed by atoms with Gasteiger partial charge in [0, 0.05) is 18.3 Å². The van der Waals surface area contributed by atoms with Crippen molar-refractivity contribution < 1.29 is 0 Å². The summed E-state index contributed by atoms with van der Waals surface area (Å²) in [6.45, 7) is 9.37. The summed E-state index contributed by atoms with van der Waals surface area (Å²) in [5, 5.41) is 7.70. The zero-order valence-corrected chi connectivity index (χ0v) is 12.5. The largest absolute Gasteiger partial charge is 0.311 e. The highest BCUT2D eigenvalue weighted by atomic mass is 16.1. The summed E-state index contributed by atoms with van der Waals surface area (Å²) in [6, 6.07) is 7.81. The first-order valence-electron chi connectivity index (χ1n) is 6.91. The van der Waals surface area contributed by atoms with E-state index in [0.717, 1.165) is 29.1 Å². The van der Waals surface area contributed by atoms with Crippen LogP contribution in [-0.2, 0) is 6.54 Å². The van der Waals surface area contributed by atoms with Crippen LogP contribution >= 0.6 is 0 Å². The molecule has 0 atom stereocenters. The normalized spacial score (nSPS) is 10.8. The molecule has 0 aliphatic carbocycles. The zero-order chi connectivity index (χ0) is 14.7. The van der Waals surface area contributed by atoms with Crippen LogP contribution in [-0.4, -0.2) is 16.3 Å². The lowest BCUT2D eigenvalue weighted by atomic mass is 10.1. The fraction of sp³-hybridized carbons (Fsp3) is 0.375. The molecule has 0 spiro atoms. The minimum atomic E-state index is -0.00839. The van der Waals surface area contributed by atoms with Gasteiger partial charge in [-0.1, -0.05) is 25.1 Å². The Morgan fingerprint density at radius 2 is 1.85 bits per heavy atom. The van der Waals surface area contributed by atoms with Crippen molar-refractivity contribution in [1.82, 2.24) is 15.1 Å². The van der Waals surface area contributed by atoms with Gasteiger partial charge in [-0.05, 0) is 38.4 Å². The van der Waals surface area contributed by atoms with Gasteiger partial charge in [0.1, 0.15) is 5.69 Å². The minimum Gasteiger partial charge on any atom is -0.311 e. The highest BCUT2D eigenvalue weighted by molar-refractivity contribution is 5.47. The molecule has 4 nitrogen and oxygen atoms in total. The average molecular weight is 271 g/mol. The predicted molar refractivity (Wildman–Crippen MR) is 81.4 cm³/mol. The van der Waals surface area contributed by atoms with Gasteiger partial charge in [-0.15, -0.1) is 0 Å². The molecule has 20 heavy (non-hydrogen) atoms. The SMILES string of the molecule is CCNCc1nn(-c2c(C)cccc2C)c(C)cc1=O. The number of aryl methyl sites for hydroxylation is 3. The van der Waals surface area contributed by atoms with Crippen LogP contribution in [0.15, 0.2) is 29.1 Å². The average Bonchev–Trinajstić information content (AvgIpc) is 2.39. The number of aromatic nitrogens is 2. The molecule has 0 aliphatic heterocycles. The maximum atomic E-state index is 12.0. The van der Waals surface area contributed by atoms with Crippen LogP contribution in [0.5, 0.6) is 0 Å². The van der Waals surface area contributed by atoms with Crippen molar-refractivity contribution in [2.24, 2.45) is 0 Å². The van der Waals surface area contributed by atoms with Crippen molar-refractivity contribution in [3.05, 3.63) is 57.0 Å². The summed E-state index contributed by atoms with van der Waals surface area (Å²) in [6.07, 6.45) is 0. The number of nitrogens with zero attached hydrogens (tertiary/aromatic N) is 2. The first-order valence-corrected chi connectivity index (χ1v) is 6.91. The molecule has 0 amide bonds. The topological polar surface area (TPSA) is 46.9 Å². The zero-order valence-electron chi connectivity index (χ0n) is 12.5. The second kappa shape index (κ2) is 6.01. The van der Waals surface area contributed by atoms with Crippen LogP contribution in [0, 0.1) is 20.8 Å². The van der Waals surface area contributed by atoms with Crippen LogP contribution in [0.2, 0.25) is 0 Å². The molecular weight excluding hydrogens is 250 g/mol. The summed E-state index contributed by atoms with van der Waals surface area (Å²) in [5.74, 6) is 0. The number of nitrogens with one attached hydrogen (secondary N) is 1. The first-order chi connectivity index (χ1) is 9.54. The summed E-state index contributed by atoms with van der Waals surface area (Å²) in [5.41, 5.74) is 4.76. The van der Waals surface area contributed by atoms with E-state index in [4.69, 9.17) is 0 Å². The fourth-order valence-electron chi connectivity index (χ4n) is 2.32. The minimum absolute atomic E-state index is 0.00839. The molecule has 0 radical (unpaired) electrons. The van der Waals surface area contributed by atoms with Crippen molar-refractivity contribution >= 4 is 0 Å². The number of hydrogen-bond donors (Lipinski definition) is 1. The number of hydrogen-bond acceptors (Lipinski definition) is 3. The monoisotopic (exact) mass is 271 g/mol. The predicted octanol–water partition coefficient (Wildman–Crippen LogP) is 2.27. The van der Waals surface area contributed by atoms with E-state index in [9.17, 15) is 4.79 Å². The van der Waals surface area contributed by atoms with Gasteiger partial charge in [-0.2, -0.15) is 5.10 Å². The molecule has 1 heterocycles. The maximum absolute atomic E-state index is 12.0. The van der Waals surface area contributed by atoms with Gasteiger partial charge in [-0.25, -0.2) is 4.68 Å². The van der Waals surface area contributed by atoms with Gasteiger partial charge in [-0.3, -0.25) is 4.79 Å². The summed E-state index contributed by atoms with van der Waals surface area (Å²) in [4.78, 5) is 12.0. The number of rotatable bonds is 4. The highest BCUT2D eigenvalue weighted by Crippen LogP contribution is 2.18. The first kappa shape index (κ1) is 14.5. The smallest absolute Gasteiger partial charge is 0.204 e. The Balaban J connectivity index is 2.59. The Morgan fingerprint density at radius 1 is 1.20 bits per heavy atom. The van der Waals surface area contributed by atoms with E-state index in [1.165, 1.54) is 0 Å². The molecule has 0 saturated heterocycles. The van der Waals surface area contributed by atoms with Gasteiger partial charge < -0.3 is 5.32 Å². The lowest BCUT2D eigenvalue weighted by molar-refractivity contribution is 0.664. The quantitative estimate of drug-likeness (QED) is 0.928. The third-order valence-corrected chi connectivity index (χ3v) is 3.37. The summed E-state index contributed by atoms with van der Waals surface area (Å²) in [7, 11) is 0. The standard InChI is InChI=1S/C16H21N3O/c1-5-17-10-14-15(20)9-13(4)19(18-14)16-11(2)7-6-8-12(16)3/h6-9,17H,5,10H2,1-4H3. The van der Waals surface area contributed by atoms with E-state index >= 15 is 0 Å². The Morgan fingerprint density at radius 3 is 2.45 bits per heavy atom. The molecule has 0 fully saturated rings. The lowest BCUT2D eigenvalue weighted by Gasteiger charge is -2.16. The fourth-order valence-corrected chi connectivity index (χ4v) is 2.32. The number of para-hydroxylation sites is 1. The van der Waals surface area contributed by atoms with Gasteiger partial charge in [0.15, 0.2) is 0 Å². The van der Waals surface area contributed by atoms with Gasteiger partial charge in [0.25, 0.3) is 0 Å². The Bertz CT molecular complexity index is 654. The third kappa shape index (κ3) is 2.80. The molecule has 2 rings (SSSR count). The van der Waals surface area contributed by atoms with Gasteiger partial charge in [0.05, 0.1) is 5.69 Å². The number of benzene rings is 1. The summed E-state index contributed by atoms with van der Waals surface area (Å²) >= 11 is 0.